The first-order chi connectivity index (χ1) is 4.84. The van der Waals surface area contributed by atoms with E-state index in [0.717, 1.165) is 18.6 Å². The van der Waals surface area contributed by atoms with Crippen molar-refractivity contribution in [2.45, 2.75) is 25.8 Å². The van der Waals surface area contributed by atoms with Gasteiger partial charge in [-0.15, -0.1) is 0 Å². The smallest absolute Gasteiger partial charge is 0.120 e. The third-order valence-electron chi connectivity index (χ3n) is 1.51. The molecule has 10 heavy (non-hydrogen) atoms. The van der Waals surface area contributed by atoms with Crippen LogP contribution in [0.25, 0.3) is 0 Å². The Kier molecular flexibility index (Phi) is 2.51. The molecule has 0 aliphatic carbocycles. The van der Waals surface area contributed by atoms with Crippen LogP contribution in [0.3, 0.4) is 0 Å². The van der Waals surface area contributed by atoms with Crippen molar-refractivity contribution < 1.29 is 4.42 Å². The lowest BCUT2D eigenvalue weighted by atomic mass is 10.1. The minimum Gasteiger partial charge on any atom is -0.468 e. The first-order valence-electron chi connectivity index (χ1n) is 3.63. The molecule has 0 fully saturated rings. The molecule has 1 aromatic rings. The van der Waals surface area contributed by atoms with E-state index >= 15 is 0 Å². The minimum atomic E-state index is 0.0833. The molecule has 0 aromatic carbocycles. The van der Waals surface area contributed by atoms with Gasteiger partial charge in [-0.3, -0.25) is 0 Å². The molecule has 0 radical (unpaired) electrons. The van der Waals surface area contributed by atoms with Crippen molar-refractivity contribution in [1.29, 1.82) is 0 Å². The summed E-state index contributed by atoms with van der Waals surface area (Å²) in [5.41, 5.74) is 5.76. The SMILES string of the molecule is CCC[C@H](N)c1ccco1. The van der Waals surface area contributed by atoms with Gasteiger partial charge in [0.15, 0.2) is 0 Å². The van der Waals surface area contributed by atoms with Crippen molar-refractivity contribution in [3.63, 3.8) is 0 Å². The van der Waals surface area contributed by atoms with Crippen LogP contribution in [-0.2, 0) is 0 Å². The van der Waals surface area contributed by atoms with Crippen LogP contribution in [0.1, 0.15) is 31.6 Å². The molecule has 2 nitrogen and oxygen atoms in total. The van der Waals surface area contributed by atoms with Crippen molar-refractivity contribution >= 4 is 0 Å². The molecule has 1 aromatic heterocycles. The van der Waals surface area contributed by atoms with E-state index in [1.165, 1.54) is 0 Å². The van der Waals surface area contributed by atoms with Gasteiger partial charge in [-0.1, -0.05) is 13.3 Å². The Morgan fingerprint density at radius 1 is 1.70 bits per heavy atom. The Morgan fingerprint density at radius 3 is 3.00 bits per heavy atom. The summed E-state index contributed by atoms with van der Waals surface area (Å²) in [6.07, 6.45) is 3.75. The molecule has 2 N–H and O–H groups in total. The van der Waals surface area contributed by atoms with E-state index < -0.39 is 0 Å². The zero-order valence-corrected chi connectivity index (χ0v) is 6.21. The summed E-state index contributed by atoms with van der Waals surface area (Å²) < 4.78 is 5.12. The summed E-state index contributed by atoms with van der Waals surface area (Å²) in [6, 6.07) is 3.87. The molecular weight excluding hydrogens is 126 g/mol. The predicted molar refractivity (Wildman–Crippen MR) is 40.5 cm³/mol. The van der Waals surface area contributed by atoms with Gasteiger partial charge >= 0.3 is 0 Å². The van der Waals surface area contributed by atoms with Crippen molar-refractivity contribution in [2.75, 3.05) is 0 Å². The molecule has 56 valence electrons. The third-order valence-corrected chi connectivity index (χ3v) is 1.51. The summed E-state index contributed by atoms with van der Waals surface area (Å²) in [5, 5.41) is 0. The summed E-state index contributed by atoms with van der Waals surface area (Å²) in [5.74, 6) is 0.891. The van der Waals surface area contributed by atoms with Gasteiger partial charge in [-0.2, -0.15) is 0 Å². The van der Waals surface area contributed by atoms with E-state index in [-0.39, 0.29) is 6.04 Å². The van der Waals surface area contributed by atoms with Crippen LogP contribution >= 0.6 is 0 Å². The van der Waals surface area contributed by atoms with Crippen LogP contribution in [0.2, 0.25) is 0 Å². The average molecular weight is 139 g/mol. The number of hydrogen-bond acceptors (Lipinski definition) is 2. The number of furan rings is 1. The Hall–Kier alpha value is -0.760. The zero-order chi connectivity index (χ0) is 7.40. The first-order valence-corrected chi connectivity index (χ1v) is 3.63. The van der Waals surface area contributed by atoms with Gasteiger partial charge in [-0.05, 0) is 18.6 Å². The van der Waals surface area contributed by atoms with Gasteiger partial charge in [0, 0.05) is 0 Å². The van der Waals surface area contributed by atoms with Crippen LogP contribution in [0.15, 0.2) is 22.8 Å². The summed E-state index contributed by atoms with van der Waals surface area (Å²) in [6.45, 7) is 2.11. The molecule has 0 unspecified atom stereocenters. The van der Waals surface area contributed by atoms with Crippen LogP contribution in [0, 0.1) is 0 Å². The number of hydrogen-bond donors (Lipinski definition) is 1. The van der Waals surface area contributed by atoms with Gasteiger partial charge in [0.25, 0.3) is 0 Å². The lowest BCUT2D eigenvalue weighted by Crippen LogP contribution is -2.08. The van der Waals surface area contributed by atoms with E-state index in [1.807, 2.05) is 12.1 Å². The first kappa shape index (κ1) is 7.35. The minimum absolute atomic E-state index is 0.0833. The normalized spacial score (nSPS) is 13.4. The Morgan fingerprint density at radius 2 is 2.50 bits per heavy atom. The largest absolute Gasteiger partial charge is 0.468 e. The second-order valence-electron chi connectivity index (χ2n) is 2.41. The highest BCUT2D eigenvalue weighted by Crippen LogP contribution is 2.14. The number of nitrogens with two attached hydrogens (primary N) is 1. The molecule has 0 saturated heterocycles. The second kappa shape index (κ2) is 3.42. The lowest BCUT2D eigenvalue weighted by molar-refractivity contribution is 0.450. The quantitative estimate of drug-likeness (QED) is 0.696. The molecule has 0 bridgehead atoms. The molecule has 1 heterocycles. The highest BCUT2D eigenvalue weighted by Gasteiger charge is 2.05. The lowest BCUT2D eigenvalue weighted by Gasteiger charge is -2.04. The molecule has 0 aliphatic rings. The zero-order valence-electron chi connectivity index (χ0n) is 6.21. The fourth-order valence-electron chi connectivity index (χ4n) is 0.956. The standard InChI is InChI=1S/C8H13NO/c1-2-4-7(9)8-5-3-6-10-8/h3,5-7H,2,4,9H2,1H3/t7-/m0/s1. The topological polar surface area (TPSA) is 39.2 Å². The fraction of sp³-hybridized carbons (Fsp3) is 0.500. The van der Waals surface area contributed by atoms with Crippen molar-refractivity contribution in [3.05, 3.63) is 24.2 Å². The molecular formula is C8H13NO. The molecule has 1 rings (SSSR count). The molecule has 2 heteroatoms. The predicted octanol–water partition coefficient (Wildman–Crippen LogP) is 2.08. The highest BCUT2D eigenvalue weighted by molar-refractivity contribution is 5.02. The maximum Gasteiger partial charge on any atom is 0.120 e. The maximum atomic E-state index is 5.76. The van der Waals surface area contributed by atoms with E-state index in [4.69, 9.17) is 10.2 Å². The van der Waals surface area contributed by atoms with Gasteiger partial charge < -0.3 is 10.2 Å². The maximum absolute atomic E-state index is 5.76. The Balaban J connectivity index is 2.50. The average Bonchev–Trinajstić information content (AvgIpc) is 2.38. The van der Waals surface area contributed by atoms with E-state index in [2.05, 4.69) is 6.92 Å². The fourth-order valence-corrected chi connectivity index (χ4v) is 0.956. The van der Waals surface area contributed by atoms with Gasteiger partial charge in [0.05, 0.1) is 12.3 Å². The summed E-state index contributed by atoms with van der Waals surface area (Å²) in [7, 11) is 0. The molecule has 0 amide bonds. The van der Waals surface area contributed by atoms with Crippen molar-refractivity contribution in [3.8, 4) is 0 Å². The summed E-state index contributed by atoms with van der Waals surface area (Å²) >= 11 is 0. The van der Waals surface area contributed by atoms with Crippen LogP contribution in [0.4, 0.5) is 0 Å². The van der Waals surface area contributed by atoms with Crippen molar-refractivity contribution in [1.82, 2.24) is 0 Å². The number of rotatable bonds is 3. The third kappa shape index (κ3) is 1.61. The van der Waals surface area contributed by atoms with Crippen LogP contribution in [-0.4, -0.2) is 0 Å². The molecule has 0 saturated carbocycles. The summed E-state index contributed by atoms with van der Waals surface area (Å²) in [4.78, 5) is 0. The van der Waals surface area contributed by atoms with Crippen LogP contribution < -0.4 is 5.73 Å². The van der Waals surface area contributed by atoms with E-state index in [0.29, 0.717) is 0 Å². The second-order valence-corrected chi connectivity index (χ2v) is 2.41. The highest BCUT2D eigenvalue weighted by atomic mass is 16.3. The van der Waals surface area contributed by atoms with Gasteiger partial charge in [0.1, 0.15) is 5.76 Å². The van der Waals surface area contributed by atoms with Gasteiger partial charge in [-0.25, -0.2) is 0 Å². The molecule has 1 atom stereocenters. The van der Waals surface area contributed by atoms with Gasteiger partial charge in [0.2, 0.25) is 0 Å². The van der Waals surface area contributed by atoms with E-state index in [1.54, 1.807) is 6.26 Å². The Labute approximate surface area is 61.0 Å². The molecule has 0 spiro atoms. The molecule has 0 aliphatic heterocycles. The van der Waals surface area contributed by atoms with Crippen LogP contribution in [0.5, 0.6) is 0 Å². The Bertz CT molecular complexity index is 169. The monoisotopic (exact) mass is 139 g/mol. The van der Waals surface area contributed by atoms with Crippen molar-refractivity contribution in [2.24, 2.45) is 5.73 Å². The van der Waals surface area contributed by atoms with E-state index in [9.17, 15) is 0 Å².